The second-order valence-corrected chi connectivity index (χ2v) is 6.96. The molecule has 28 heavy (non-hydrogen) atoms. The minimum absolute atomic E-state index is 0.0677. The molecule has 8 nitrogen and oxygen atoms in total. The number of carbonyl (C=O) groups excluding carboxylic acids is 3. The first kappa shape index (κ1) is 19.9. The summed E-state index contributed by atoms with van der Waals surface area (Å²) in [7, 11) is 1.26. The van der Waals surface area contributed by atoms with Crippen molar-refractivity contribution in [1.29, 1.82) is 0 Å². The van der Waals surface area contributed by atoms with Gasteiger partial charge in [-0.05, 0) is 37.0 Å². The van der Waals surface area contributed by atoms with Gasteiger partial charge in [0.25, 0.3) is 5.91 Å². The molecule has 3 rings (SSSR count). The molecule has 0 atom stereocenters. The molecule has 2 amide bonds. The van der Waals surface area contributed by atoms with Crippen LogP contribution in [0.25, 0.3) is 0 Å². The summed E-state index contributed by atoms with van der Waals surface area (Å²) in [6, 6.07) is 7.74. The first-order valence-electron chi connectivity index (χ1n) is 9.38. The molecule has 1 aromatic rings. The van der Waals surface area contributed by atoms with Gasteiger partial charge in [-0.3, -0.25) is 9.59 Å². The highest BCUT2D eigenvalue weighted by Gasteiger charge is 2.34. The average molecular weight is 387 g/mol. The number of aliphatic hydroxyl groups is 1. The second kappa shape index (κ2) is 8.88. The number of aryl methyl sites for hydroxylation is 1. The fraction of sp³-hybridized carbons (Fsp3) is 0.450. The molecule has 2 aliphatic rings. The Morgan fingerprint density at radius 2 is 1.96 bits per heavy atom. The Morgan fingerprint density at radius 3 is 2.57 bits per heavy atom. The molecule has 1 aliphatic heterocycles. The third-order valence-electron chi connectivity index (χ3n) is 4.76. The Labute approximate surface area is 163 Å². The molecule has 1 aromatic carbocycles. The molecule has 8 heteroatoms. The lowest BCUT2D eigenvalue weighted by atomic mass is 10.1. The molecule has 150 valence electrons. The zero-order valence-electron chi connectivity index (χ0n) is 15.9. The maximum Gasteiger partial charge on any atom is 0.337 e. The van der Waals surface area contributed by atoms with Gasteiger partial charge in [-0.1, -0.05) is 12.1 Å². The Balaban J connectivity index is 1.63. The number of aliphatic hydroxyl groups excluding tert-OH is 1. The normalized spacial score (nSPS) is 16.4. The summed E-state index contributed by atoms with van der Waals surface area (Å²) >= 11 is 0. The molecule has 1 saturated carbocycles. The fourth-order valence-corrected chi connectivity index (χ4v) is 3.03. The zero-order valence-corrected chi connectivity index (χ0v) is 15.9. The van der Waals surface area contributed by atoms with E-state index in [9.17, 15) is 14.4 Å². The summed E-state index contributed by atoms with van der Waals surface area (Å²) in [5.74, 6) is -0.858. The number of nitrogens with zero attached hydrogens (tertiary/aromatic N) is 1. The highest BCUT2D eigenvalue weighted by Crippen LogP contribution is 2.23. The van der Waals surface area contributed by atoms with E-state index >= 15 is 0 Å². The van der Waals surface area contributed by atoms with E-state index in [4.69, 9.17) is 9.84 Å². The summed E-state index contributed by atoms with van der Waals surface area (Å²) < 4.78 is 4.77. The van der Waals surface area contributed by atoms with E-state index in [1.165, 1.54) is 12.0 Å². The summed E-state index contributed by atoms with van der Waals surface area (Å²) in [6.45, 7) is 0.0610. The van der Waals surface area contributed by atoms with Gasteiger partial charge < -0.3 is 25.4 Å². The number of nitrogens with one attached hydrogen (secondary N) is 2. The van der Waals surface area contributed by atoms with Crippen molar-refractivity contribution in [3.63, 3.8) is 0 Å². The Morgan fingerprint density at radius 1 is 1.25 bits per heavy atom. The highest BCUT2D eigenvalue weighted by molar-refractivity contribution is 6.08. The maximum atomic E-state index is 12.5. The number of amides is 2. The predicted octanol–water partition coefficient (Wildman–Crippen LogP) is 0.571. The van der Waals surface area contributed by atoms with Gasteiger partial charge >= 0.3 is 5.97 Å². The molecule has 1 heterocycles. The molecular formula is C20H25N3O5. The van der Waals surface area contributed by atoms with Crippen LogP contribution in [-0.4, -0.2) is 60.6 Å². The van der Waals surface area contributed by atoms with E-state index in [-0.39, 0.29) is 42.8 Å². The number of benzene rings is 1. The second-order valence-electron chi connectivity index (χ2n) is 6.96. The van der Waals surface area contributed by atoms with E-state index in [0.29, 0.717) is 24.6 Å². The van der Waals surface area contributed by atoms with Crippen LogP contribution in [0, 0.1) is 0 Å². The summed E-state index contributed by atoms with van der Waals surface area (Å²) in [4.78, 5) is 37.7. The van der Waals surface area contributed by atoms with Crippen molar-refractivity contribution in [1.82, 2.24) is 10.2 Å². The van der Waals surface area contributed by atoms with Crippen LogP contribution < -0.4 is 10.6 Å². The van der Waals surface area contributed by atoms with Gasteiger partial charge in [0.1, 0.15) is 5.70 Å². The van der Waals surface area contributed by atoms with Crippen molar-refractivity contribution in [3.8, 4) is 0 Å². The van der Waals surface area contributed by atoms with E-state index in [1.807, 2.05) is 12.1 Å². The number of esters is 1. The first-order chi connectivity index (χ1) is 13.5. The van der Waals surface area contributed by atoms with E-state index in [1.54, 1.807) is 12.1 Å². The minimum atomic E-state index is -0.574. The predicted molar refractivity (Wildman–Crippen MR) is 102 cm³/mol. The van der Waals surface area contributed by atoms with Crippen LogP contribution in [0.15, 0.2) is 35.5 Å². The molecule has 0 radical (unpaired) electrons. The summed E-state index contributed by atoms with van der Waals surface area (Å²) in [6.07, 6.45) is 3.22. The molecule has 1 fully saturated rings. The van der Waals surface area contributed by atoms with Gasteiger partial charge in [-0.25, -0.2) is 4.79 Å². The number of methoxy groups -OCH3 is 1. The quantitative estimate of drug-likeness (QED) is 0.535. The zero-order chi connectivity index (χ0) is 20.1. The van der Waals surface area contributed by atoms with Crippen molar-refractivity contribution >= 4 is 23.5 Å². The molecular weight excluding hydrogens is 362 g/mol. The third kappa shape index (κ3) is 4.89. The Kier molecular flexibility index (Phi) is 6.30. The van der Waals surface area contributed by atoms with E-state index in [2.05, 4.69) is 10.6 Å². The van der Waals surface area contributed by atoms with Crippen molar-refractivity contribution in [2.45, 2.75) is 31.7 Å². The summed E-state index contributed by atoms with van der Waals surface area (Å²) in [5, 5.41) is 15.1. The van der Waals surface area contributed by atoms with Crippen molar-refractivity contribution in [2.75, 3.05) is 32.1 Å². The Bertz CT molecular complexity index is 784. The highest BCUT2D eigenvalue weighted by atomic mass is 16.5. The number of ether oxygens (including phenoxy) is 1. The van der Waals surface area contributed by atoms with Crippen molar-refractivity contribution < 1.29 is 24.2 Å². The number of anilines is 1. The molecule has 3 N–H and O–H groups in total. The van der Waals surface area contributed by atoms with Crippen molar-refractivity contribution in [2.24, 2.45) is 0 Å². The average Bonchev–Trinajstić information content (AvgIpc) is 3.46. The topological polar surface area (TPSA) is 108 Å². The van der Waals surface area contributed by atoms with E-state index in [0.717, 1.165) is 18.4 Å². The summed E-state index contributed by atoms with van der Waals surface area (Å²) in [5.41, 5.74) is 2.07. The number of rotatable bonds is 9. The lowest BCUT2D eigenvalue weighted by Gasteiger charge is -2.15. The minimum Gasteiger partial charge on any atom is -0.466 e. The van der Waals surface area contributed by atoms with Gasteiger partial charge in [0.2, 0.25) is 5.91 Å². The first-order valence-corrected chi connectivity index (χ1v) is 9.38. The maximum absolute atomic E-state index is 12.5. The van der Waals surface area contributed by atoms with Crippen LogP contribution >= 0.6 is 0 Å². The van der Waals surface area contributed by atoms with Crippen molar-refractivity contribution in [3.05, 3.63) is 41.1 Å². The van der Waals surface area contributed by atoms with Gasteiger partial charge in [-0.2, -0.15) is 0 Å². The van der Waals surface area contributed by atoms with Gasteiger partial charge in [0, 0.05) is 24.7 Å². The Hall–Kier alpha value is -2.87. The lowest BCUT2D eigenvalue weighted by molar-refractivity contribution is -0.136. The lowest BCUT2D eigenvalue weighted by Crippen LogP contribution is -2.31. The number of β-amino-alcohol motifs (C(OH)–C–C–N with tert-alkyl or cyclic N) is 1. The molecule has 0 unspecified atom stereocenters. The smallest absolute Gasteiger partial charge is 0.337 e. The fourth-order valence-electron chi connectivity index (χ4n) is 3.03. The van der Waals surface area contributed by atoms with Crippen LogP contribution in [0.3, 0.4) is 0 Å². The van der Waals surface area contributed by atoms with Crippen LogP contribution in [0.1, 0.15) is 24.8 Å². The molecule has 1 aliphatic carbocycles. The molecule has 0 bridgehead atoms. The standard InChI is InChI=1S/C20H25N3O5/c1-28-20(27)16-12-23(10-11-24)19(26)18(16)22-15-5-2-13(3-6-15)4-9-17(25)21-14-7-8-14/h2-3,5-6,14,22,24H,4,7-12H2,1H3,(H,21,25). The number of hydrogen-bond donors (Lipinski definition) is 3. The van der Waals surface area contributed by atoms with Crippen LogP contribution in [0.2, 0.25) is 0 Å². The molecule has 0 aromatic heterocycles. The number of carbonyl (C=O) groups is 3. The van der Waals surface area contributed by atoms with E-state index < -0.39 is 5.97 Å². The monoisotopic (exact) mass is 387 g/mol. The number of hydrogen-bond acceptors (Lipinski definition) is 6. The van der Waals surface area contributed by atoms with Gasteiger partial charge in [0.15, 0.2) is 0 Å². The van der Waals surface area contributed by atoms with Crippen LogP contribution in [-0.2, 0) is 25.5 Å². The van der Waals surface area contributed by atoms with Crippen LogP contribution in [0.5, 0.6) is 0 Å². The van der Waals surface area contributed by atoms with Gasteiger partial charge in [0.05, 0.1) is 25.8 Å². The van der Waals surface area contributed by atoms with Gasteiger partial charge in [-0.15, -0.1) is 0 Å². The SMILES string of the molecule is COC(=O)C1=C(Nc2ccc(CCC(=O)NC3CC3)cc2)C(=O)N(CCO)C1. The third-order valence-corrected chi connectivity index (χ3v) is 4.76. The van der Waals surface area contributed by atoms with Crippen LogP contribution in [0.4, 0.5) is 5.69 Å². The molecule has 0 saturated heterocycles. The largest absolute Gasteiger partial charge is 0.466 e. The molecule has 0 spiro atoms.